The molecule has 0 spiro atoms. The smallest absolute Gasteiger partial charge is 0.299 e. The number of rotatable bonds is 7. The number of thiocarbonyl (C=S) groups is 2. The molecule has 1 amide bonds. The Balaban J connectivity index is 0.000000261. The maximum atomic E-state index is 14.9. The molecular weight excluding hydrogens is 825 g/mol. The van der Waals surface area contributed by atoms with E-state index in [1.54, 1.807) is 56.9 Å². The Kier molecular flexibility index (Phi) is 14.5. The Bertz CT molecular complexity index is 2680. The van der Waals surface area contributed by atoms with E-state index in [2.05, 4.69) is 42.2 Å². The third kappa shape index (κ3) is 10.5. The van der Waals surface area contributed by atoms with Gasteiger partial charge in [-0.2, -0.15) is 4.99 Å². The van der Waals surface area contributed by atoms with Crippen LogP contribution >= 0.6 is 24.4 Å². The van der Waals surface area contributed by atoms with Crippen LogP contribution in [0.4, 0.5) is 42.9 Å². The minimum Gasteiger partial charge on any atom is -0.315 e. The third-order valence-corrected chi connectivity index (χ3v) is 11.2. The van der Waals surface area contributed by atoms with Crippen molar-refractivity contribution in [3.05, 3.63) is 130 Å². The molecule has 4 aromatic rings. The topological polar surface area (TPSA) is 129 Å². The van der Waals surface area contributed by atoms with Crippen molar-refractivity contribution in [2.45, 2.75) is 62.5 Å². The van der Waals surface area contributed by atoms with Crippen LogP contribution in [-0.4, -0.2) is 56.7 Å². The first-order chi connectivity index (χ1) is 26.9. The number of hydrogen-bond donors (Lipinski definition) is 1. The minimum atomic E-state index is -3.37. The fourth-order valence-electron chi connectivity index (χ4n) is 5.32. The summed E-state index contributed by atoms with van der Waals surface area (Å²) < 4.78 is 74.1. The van der Waals surface area contributed by atoms with Crippen molar-refractivity contribution in [2.24, 2.45) is 4.99 Å². The minimum absolute atomic E-state index is 0.0202. The lowest BCUT2D eigenvalue weighted by Crippen LogP contribution is -2.44. The molecule has 5 rings (SSSR count). The summed E-state index contributed by atoms with van der Waals surface area (Å²) in [5.41, 5.74) is 0.426. The van der Waals surface area contributed by atoms with Crippen LogP contribution in [0.25, 0.3) is 14.5 Å². The predicted octanol–water partition coefficient (Wildman–Crippen LogP) is 9.58. The second kappa shape index (κ2) is 18.1. The van der Waals surface area contributed by atoms with Crippen LogP contribution in [0.1, 0.15) is 38.8 Å². The first-order valence-electron chi connectivity index (χ1n) is 16.7. The number of carbonyl (C=O) groups is 1. The number of hydrogen-bond acceptors (Lipinski definition) is 9. The highest BCUT2D eigenvalue weighted by molar-refractivity contribution is 7.91. The van der Waals surface area contributed by atoms with Crippen molar-refractivity contribution in [1.82, 2.24) is 0 Å². The van der Waals surface area contributed by atoms with Crippen LogP contribution in [0.5, 0.6) is 0 Å². The molecule has 1 heterocycles. The van der Waals surface area contributed by atoms with Crippen LogP contribution in [0.3, 0.4) is 0 Å². The summed E-state index contributed by atoms with van der Waals surface area (Å²) in [5.74, 6) is -1.62. The maximum absolute atomic E-state index is 14.9. The Morgan fingerprint density at radius 2 is 1.26 bits per heavy atom. The number of halogens is 2. The van der Waals surface area contributed by atoms with E-state index in [0.717, 1.165) is 16.8 Å². The second-order valence-electron chi connectivity index (χ2n) is 13.7. The molecule has 18 heteroatoms. The van der Waals surface area contributed by atoms with Gasteiger partial charge in [-0.3, -0.25) is 14.5 Å². The van der Waals surface area contributed by atoms with E-state index < -0.39 is 48.4 Å². The number of sulfone groups is 2. The van der Waals surface area contributed by atoms with Crippen molar-refractivity contribution in [2.75, 3.05) is 27.6 Å². The van der Waals surface area contributed by atoms with E-state index in [0.29, 0.717) is 16.9 Å². The fourth-order valence-corrected chi connectivity index (χ4v) is 7.20. The summed E-state index contributed by atoms with van der Waals surface area (Å²) in [4.78, 5) is 29.6. The van der Waals surface area contributed by atoms with Gasteiger partial charge in [0.05, 0.1) is 33.8 Å². The monoisotopic (exact) mass is 861 g/mol. The van der Waals surface area contributed by atoms with Crippen molar-refractivity contribution in [3.8, 4) is 0 Å². The number of nitrogens with one attached hydrogen (secondary N) is 1. The van der Waals surface area contributed by atoms with E-state index in [1.165, 1.54) is 68.6 Å². The lowest BCUT2D eigenvalue weighted by atomic mass is 10.0. The van der Waals surface area contributed by atoms with Gasteiger partial charge in [0.25, 0.3) is 11.6 Å². The Morgan fingerprint density at radius 1 is 0.793 bits per heavy atom. The summed E-state index contributed by atoms with van der Waals surface area (Å²) in [6.07, 6.45) is 2.27. The first-order valence-corrected chi connectivity index (χ1v) is 21.3. The van der Waals surface area contributed by atoms with Gasteiger partial charge in [-0.25, -0.2) is 41.9 Å². The number of benzene rings is 4. The molecular formula is C40H37F2N7O5S4. The highest BCUT2D eigenvalue weighted by Gasteiger charge is 2.51. The molecule has 1 fully saturated rings. The third-order valence-electron chi connectivity index (χ3n) is 8.53. The van der Waals surface area contributed by atoms with Gasteiger partial charge in [0, 0.05) is 37.7 Å². The number of anilines is 3. The van der Waals surface area contributed by atoms with Crippen LogP contribution < -0.4 is 15.1 Å². The van der Waals surface area contributed by atoms with E-state index in [-0.39, 0.29) is 37.5 Å². The van der Waals surface area contributed by atoms with Crippen LogP contribution in [-0.2, 0) is 24.5 Å². The van der Waals surface area contributed by atoms with Crippen molar-refractivity contribution < 1.29 is 30.4 Å². The highest BCUT2D eigenvalue weighted by atomic mass is 32.2. The zero-order chi connectivity index (χ0) is 44.0. The molecule has 0 aliphatic carbocycles. The lowest BCUT2D eigenvalue weighted by Gasteiger charge is -2.29. The number of carbonyl (C=O) groups excluding carboxylic acids is 1. The zero-order valence-corrected chi connectivity index (χ0v) is 35.8. The molecule has 1 aliphatic heterocycles. The van der Waals surface area contributed by atoms with Gasteiger partial charge in [0.1, 0.15) is 22.9 Å². The SMILES string of the molecule is [C-]#[N+]C(C)(C)Nc1ccc(S(C)(=O)=O)cc1.[C-]#[N+]c1ccc(N2C(=O)C(C)(C)N(c3ccc(S(C)(=O)=O)cc3)C2=S)c(F)c1C.[C-]#[N+]c1ccc(N=C=S)c(F)c1C. The van der Waals surface area contributed by atoms with Crippen molar-refractivity contribution in [1.29, 1.82) is 0 Å². The Hall–Kier alpha value is -5.93. The highest BCUT2D eigenvalue weighted by Crippen LogP contribution is 2.39. The molecule has 0 saturated carbocycles. The average Bonchev–Trinajstić information content (AvgIpc) is 3.33. The van der Waals surface area contributed by atoms with Gasteiger partial charge in [-0.05, 0) is 124 Å². The molecule has 58 heavy (non-hydrogen) atoms. The summed E-state index contributed by atoms with van der Waals surface area (Å²) in [5, 5.41) is 5.15. The van der Waals surface area contributed by atoms with Gasteiger partial charge in [0.15, 0.2) is 36.2 Å². The number of nitrogens with zero attached hydrogens (tertiary/aromatic N) is 6. The van der Waals surface area contributed by atoms with E-state index in [1.807, 2.05) is 0 Å². The summed E-state index contributed by atoms with van der Waals surface area (Å²) in [6, 6.07) is 18.1. The zero-order valence-electron chi connectivity index (χ0n) is 32.5. The van der Waals surface area contributed by atoms with E-state index >= 15 is 0 Å². The second-order valence-corrected chi connectivity index (χ2v) is 18.3. The standard InChI is InChI=1S/C20H18FN3O3S2.C11H14N2O2S.C9H5FN2S/c1-12-15(22-4)10-11-16(17(12)21)23-18(25)20(2,3)24(19(23)28)13-6-8-14(9-7-13)29(5,26)27;1-11(2,12-3)13-9-5-7-10(8-6-9)16(4,14)15;1-6-7(11-2)3-4-8(9(6)10)12-5-13/h6-11H,1-3,5H3;5-8,13H,1-2,4H3;3-4H,1H3. The largest absolute Gasteiger partial charge is 0.315 e. The maximum Gasteiger partial charge on any atom is 0.299 e. The van der Waals surface area contributed by atoms with Gasteiger partial charge < -0.3 is 10.2 Å². The molecule has 1 N–H and O–H groups in total. The van der Waals surface area contributed by atoms with Gasteiger partial charge in [-0.15, -0.1) is 0 Å². The first kappa shape index (κ1) is 46.5. The number of amides is 1. The Labute approximate surface area is 348 Å². The van der Waals surface area contributed by atoms with Crippen LogP contribution in [0.2, 0.25) is 0 Å². The molecule has 0 bridgehead atoms. The van der Waals surface area contributed by atoms with Crippen molar-refractivity contribution in [3.63, 3.8) is 0 Å². The summed E-state index contributed by atoms with van der Waals surface area (Å²) in [7, 11) is -6.53. The molecule has 1 saturated heterocycles. The molecule has 4 aromatic carbocycles. The average molecular weight is 862 g/mol. The van der Waals surface area contributed by atoms with Crippen LogP contribution in [0, 0.1) is 45.2 Å². The van der Waals surface area contributed by atoms with E-state index in [4.69, 9.17) is 31.9 Å². The Morgan fingerprint density at radius 3 is 1.71 bits per heavy atom. The van der Waals surface area contributed by atoms with Crippen molar-refractivity contribution >= 4 is 94.4 Å². The number of aliphatic imine (C=N–C) groups is 1. The van der Waals surface area contributed by atoms with Crippen LogP contribution in [0.15, 0.2) is 87.6 Å². The van der Waals surface area contributed by atoms with Gasteiger partial charge >= 0.3 is 0 Å². The summed E-state index contributed by atoms with van der Waals surface area (Å²) in [6.45, 7) is 30.6. The fraction of sp³-hybridized carbons (Fsp3) is 0.250. The van der Waals surface area contributed by atoms with E-state index in [9.17, 15) is 30.4 Å². The summed E-state index contributed by atoms with van der Waals surface area (Å²) >= 11 is 9.86. The quantitative estimate of drug-likeness (QED) is 0.110. The molecule has 0 aromatic heterocycles. The molecule has 0 unspecified atom stereocenters. The van der Waals surface area contributed by atoms with Gasteiger partial charge in [-0.1, -0.05) is 12.1 Å². The number of isothiocyanates is 1. The normalized spacial score (nSPS) is 13.4. The molecule has 1 aliphatic rings. The molecule has 0 radical (unpaired) electrons. The molecule has 12 nitrogen and oxygen atoms in total. The lowest BCUT2D eigenvalue weighted by molar-refractivity contribution is -0.120. The molecule has 0 atom stereocenters. The van der Waals surface area contributed by atoms with Gasteiger partial charge in [0.2, 0.25) is 0 Å². The molecule has 300 valence electrons. The predicted molar refractivity (Wildman–Crippen MR) is 230 cm³/mol.